The average molecular weight is 522 g/mol. The number of thiocarbonyl (C=S) groups is 1. The first kappa shape index (κ1) is 26.1. The SMILES string of the molecule is CCCCCCN1C(=O)/C(=C\c2c(Oc3cc(C)ccc3C(C)C)nc3ccccn3c2=O)SC1=S. The van der Waals surface area contributed by atoms with Crippen LogP contribution in [0.2, 0.25) is 0 Å². The number of hydrogen-bond acceptors (Lipinski definition) is 6. The van der Waals surface area contributed by atoms with E-state index < -0.39 is 0 Å². The molecular formula is C28H31N3O3S2. The van der Waals surface area contributed by atoms with E-state index in [1.165, 1.54) is 16.2 Å². The number of aryl methyl sites for hydroxylation is 1. The molecule has 1 aliphatic heterocycles. The minimum absolute atomic E-state index is 0.173. The Labute approximate surface area is 221 Å². The van der Waals surface area contributed by atoms with Crippen LogP contribution in [0.1, 0.15) is 69.1 Å². The molecule has 8 heteroatoms. The van der Waals surface area contributed by atoms with Crippen LogP contribution in [0.15, 0.2) is 52.3 Å². The zero-order chi connectivity index (χ0) is 25.8. The highest BCUT2D eigenvalue weighted by molar-refractivity contribution is 8.26. The van der Waals surface area contributed by atoms with Gasteiger partial charge in [-0.1, -0.05) is 82.2 Å². The van der Waals surface area contributed by atoms with Crippen LogP contribution >= 0.6 is 24.0 Å². The topological polar surface area (TPSA) is 63.9 Å². The van der Waals surface area contributed by atoms with Crippen molar-refractivity contribution in [1.82, 2.24) is 14.3 Å². The molecule has 0 unspecified atom stereocenters. The number of carbonyl (C=O) groups excluding carboxylic acids is 1. The first-order valence-electron chi connectivity index (χ1n) is 12.3. The van der Waals surface area contributed by atoms with Crippen molar-refractivity contribution in [2.24, 2.45) is 0 Å². The first-order chi connectivity index (χ1) is 17.3. The molecule has 0 N–H and O–H groups in total. The summed E-state index contributed by atoms with van der Waals surface area (Å²) >= 11 is 6.71. The Balaban J connectivity index is 1.77. The smallest absolute Gasteiger partial charge is 0.269 e. The Morgan fingerprint density at radius 1 is 1.14 bits per heavy atom. The van der Waals surface area contributed by atoms with Crippen LogP contribution in [0.4, 0.5) is 0 Å². The van der Waals surface area contributed by atoms with E-state index in [0.717, 1.165) is 36.8 Å². The van der Waals surface area contributed by atoms with Gasteiger partial charge in [-0.3, -0.25) is 18.9 Å². The number of nitrogens with zero attached hydrogens (tertiary/aromatic N) is 3. The fourth-order valence-corrected chi connectivity index (χ4v) is 5.41. The first-order valence-corrected chi connectivity index (χ1v) is 13.6. The average Bonchev–Trinajstić information content (AvgIpc) is 3.11. The predicted molar refractivity (Wildman–Crippen MR) is 151 cm³/mol. The highest BCUT2D eigenvalue weighted by Gasteiger charge is 2.32. The number of hydrogen-bond donors (Lipinski definition) is 0. The van der Waals surface area contributed by atoms with Gasteiger partial charge in [-0.15, -0.1) is 0 Å². The molecule has 0 aliphatic carbocycles. The molecule has 2 aromatic heterocycles. The third-order valence-corrected chi connectivity index (χ3v) is 7.49. The highest BCUT2D eigenvalue weighted by atomic mass is 32.2. The minimum atomic E-state index is -0.303. The van der Waals surface area contributed by atoms with Gasteiger partial charge in [0.1, 0.15) is 21.3 Å². The number of pyridine rings is 1. The maximum Gasteiger partial charge on any atom is 0.269 e. The quantitative estimate of drug-likeness (QED) is 0.177. The number of carbonyl (C=O) groups is 1. The summed E-state index contributed by atoms with van der Waals surface area (Å²) in [5, 5.41) is 0. The lowest BCUT2D eigenvalue weighted by Gasteiger charge is -2.16. The molecule has 0 saturated carbocycles. The van der Waals surface area contributed by atoms with Crippen molar-refractivity contribution in [2.45, 2.75) is 59.3 Å². The summed E-state index contributed by atoms with van der Waals surface area (Å²) in [5.74, 6) is 0.861. The van der Waals surface area contributed by atoms with Crippen molar-refractivity contribution >= 4 is 45.9 Å². The molecule has 3 heterocycles. The van der Waals surface area contributed by atoms with Gasteiger partial charge in [0.2, 0.25) is 5.88 Å². The fraction of sp³-hybridized carbons (Fsp3) is 0.357. The number of amides is 1. The van der Waals surface area contributed by atoms with Crippen LogP contribution in [0.25, 0.3) is 11.7 Å². The lowest BCUT2D eigenvalue weighted by Crippen LogP contribution is -2.29. The monoisotopic (exact) mass is 521 g/mol. The van der Waals surface area contributed by atoms with E-state index in [1.54, 1.807) is 29.3 Å². The van der Waals surface area contributed by atoms with Gasteiger partial charge in [-0.05, 0) is 54.7 Å². The molecule has 1 aliphatic rings. The van der Waals surface area contributed by atoms with Gasteiger partial charge < -0.3 is 4.74 Å². The van der Waals surface area contributed by atoms with E-state index in [0.29, 0.717) is 27.2 Å². The minimum Gasteiger partial charge on any atom is -0.438 e. The number of aromatic nitrogens is 2. The van der Waals surface area contributed by atoms with Crippen LogP contribution in [-0.2, 0) is 4.79 Å². The molecule has 1 amide bonds. The van der Waals surface area contributed by atoms with Crippen LogP contribution < -0.4 is 10.3 Å². The second kappa shape index (κ2) is 11.4. The molecule has 3 aromatic rings. The second-order valence-corrected chi connectivity index (χ2v) is 10.9. The van der Waals surface area contributed by atoms with Crippen LogP contribution in [0, 0.1) is 6.92 Å². The molecular weight excluding hydrogens is 490 g/mol. The van der Waals surface area contributed by atoms with E-state index in [-0.39, 0.29) is 28.8 Å². The second-order valence-electron chi connectivity index (χ2n) is 9.26. The lowest BCUT2D eigenvalue weighted by molar-refractivity contribution is -0.122. The predicted octanol–water partition coefficient (Wildman–Crippen LogP) is 6.70. The summed E-state index contributed by atoms with van der Waals surface area (Å²) in [6.07, 6.45) is 7.45. The number of benzene rings is 1. The van der Waals surface area contributed by atoms with E-state index >= 15 is 0 Å². The standard InChI is InChI=1S/C28H31N3O3S2/c1-5-6-7-9-15-31-27(33)23(36-28(31)35)17-21-25(29-24-11-8-10-14-30(24)26(21)32)34-22-16-19(4)12-13-20(22)18(2)3/h8,10-14,16-18H,5-7,9,15H2,1-4H3/b23-17+. The molecule has 0 spiro atoms. The third kappa shape index (κ3) is 5.55. The Bertz CT molecular complexity index is 1390. The summed E-state index contributed by atoms with van der Waals surface area (Å²) in [7, 11) is 0. The molecule has 6 nitrogen and oxygen atoms in total. The van der Waals surface area contributed by atoms with Crippen molar-refractivity contribution in [1.29, 1.82) is 0 Å². The van der Waals surface area contributed by atoms with Crippen LogP contribution in [0.5, 0.6) is 11.6 Å². The van der Waals surface area contributed by atoms with E-state index in [1.807, 2.05) is 31.2 Å². The molecule has 36 heavy (non-hydrogen) atoms. The van der Waals surface area contributed by atoms with Gasteiger partial charge in [-0.25, -0.2) is 0 Å². The normalized spacial score (nSPS) is 15.0. The number of fused-ring (bicyclic) bond motifs is 1. The molecule has 0 radical (unpaired) electrons. The van der Waals surface area contributed by atoms with Crippen molar-refractivity contribution in [2.75, 3.05) is 6.54 Å². The van der Waals surface area contributed by atoms with E-state index in [2.05, 4.69) is 25.8 Å². The Kier molecular flexibility index (Phi) is 8.26. The Morgan fingerprint density at radius 2 is 1.94 bits per heavy atom. The van der Waals surface area contributed by atoms with Gasteiger partial charge in [-0.2, -0.15) is 4.98 Å². The molecule has 188 valence electrons. The maximum absolute atomic E-state index is 13.6. The fourth-order valence-electron chi connectivity index (χ4n) is 4.12. The molecule has 1 saturated heterocycles. The van der Waals surface area contributed by atoms with Gasteiger partial charge in [0, 0.05) is 12.7 Å². The lowest BCUT2D eigenvalue weighted by atomic mass is 10.0. The van der Waals surface area contributed by atoms with Gasteiger partial charge in [0.05, 0.1) is 4.91 Å². The molecule has 4 rings (SSSR count). The highest BCUT2D eigenvalue weighted by Crippen LogP contribution is 2.36. The third-order valence-electron chi connectivity index (χ3n) is 6.12. The number of unbranched alkanes of at least 4 members (excludes halogenated alkanes) is 3. The zero-order valence-electron chi connectivity index (χ0n) is 21.1. The molecule has 1 aromatic carbocycles. The summed E-state index contributed by atoms with van der Waals surface area (Å²) in [6, 6.07) is 11.4. The largest absolute Gasteiger partial charge is 0.438 e. The number of thioether (sulfide) groups is 1. The van der Waals surface area contributed by atoms with Gasteiger partial charge in [0.25, 0.3) is 11.5 Å². The summed E-state index contributed by atoms with van der Waals surface area (Å²) in [6.45, 7) is 8.91. The van der Waals surface area contributed by atoms with E-state index in [9.17, 15) is 9.59 Å². The molecule has 0 atom stereocenters. The zero-order valence-corrected chi connectivity index (χ0v) is 22.7. The maximum atomic E-state index is 13.6. The van der Waals surface area contributed by atoms with Gasteiger partial charge in [0.15, 0.2) is 0 Å². The van der Waals surface area contributed by atoms with Crippen molar-refractivity contribution in [3.63, 3.8) is 0 Å². The van der Waals surface area contributed by atoms with Crippen molar-refractivity contribution in [3.8, 4) is 11.6 Å². The molecule has 0 bridgehead atoms. The summed E-state index contributed by atoms with van der Waals surface area (Å²) in [4.78, 5) is 33.5. The molecule has 1 fully saturated rings. The van der Waals surface area contributed by atoms with Crippen molar-refractivity contribution in [3.05, 3.63) is 74.5 Å². The summed E-state index contributed by atoms with van der Waals surface area (Å²) in [5.41, 5.74) is 2.44. The summed E-state index contributed by atoms with van der Waals surface area (Å²) < 4.78 is 8.30. The number of ether oxygens (including phenoxy) is 1. The Morgan fingerprint density at radius 3 is 2.69 bits per heavy atom. The number of rotatable bonds is 9. The van der Waals surface area contributed by atoms with Gasteiger partial charge >= 0.3 is 0 Å². The Hall–Kier alpha value is -2.97. The van der Waals surface area contributed by atoms with Crippen molar-refractivity contribution < 1.29 is 9.53 Å². The van der Waals surface area contributed by atoms with Crippen LogP contribution in [-0.4, -0.2) is 31.1 Å². The van der Waals surface area contributed by atoms with E-state index in [4.69, 9.17) is 17.0 Å². The van der Waals surface area contributed by atoms with Crippen LogP contribution in [0.3, 0.4) is 0 Å².